The predicted octanol–water partition coefficient (Wildman–Crippen LogP) is 4.31. The summed E-state index contributed by atoms with van der Waals surface area (Å²) >= 11 is 0. The molecule has 0 heterocycles. The summed E-state index contributed by atoms with van der Waals surface area (Å²) in [6.45, 7) is 7.74. The summed E-state index contributed by atoms with van der Waals surface area (Å²) in [7, 11) is 0. The van der Waals surface area contributed by atoms with Gasteiger partial charge in [-0.1, -0.05) is 32.9 Å². The Morgan fingerprint density at radius 3 is 2.08 bits per heavy atom. The minimum absolute atomic E-state index is 0.00916. The van der Waals surface area contributed by atoms with E-state index in [0.29, 0.717) is 11.3 Å². The van der Waals surface area contributed by atoms with Crippen molar-refractivity contribution in [1.29, 1.82) is 0 Å². The number of rotatable bonds is 4. The standard InChI is InChI=1S/C20H22FNO3/c1-13(18(23)22-17-11-9-16(21)10-12-17)25-19(24)14-5-7-15(8-6-14)20(2,3)4/h5-13H,1-4H3,(H,22,23). The highest BCUT2D eigenvalue weighted by Crippen LogP contribution is 2.22. The minimum atomic E-state index is -0.972. The fourth-order valence-electron chi connectivity index (χ4n) is 2.17. The van der Waals surface area contributed by atoms with E-state index in [4.69, 9.17) is 4.74 Å². The van der Waals surface area contributed by atoms with Crippen molar-refractivity contribution in [2.24, 2.45) is 0 Å². The van der Waals surface area contributed by atoms with E-state index >= 15 is 0 Å². The molecule has 1 unspecified atom stereocenters. The van der Waals surface area contributed by atoms with Gasteiger partial charge in [0, 0.05) is 5.69 Å². The molecule has 0 aliphatic carbocycles. The van der Waals surface area contributed by atoms with Gasteiger partial charge >= 0.3 is 5.97 Å². The largest absolute Gasteiger partial charge is 0.449 e. The number of nitrogens with one attached hydrogen (secondary N) is 1. The molecule has 0 saturated carbocycles. The van der Waals surface area contributed by atoms with Gasteiger partial charge in [0.25, 0.3) is 5.91 Å². The van der Waals surface area contributed by atoms with Crippen LogP contribution in [0.2, 0.25) is 0 Å². The Hall–Kier alpha value is -2.69. The number of halogens is 1. The molecule has 2 rings (SSSR count). The van der Waals surface area contributed by atoms with Gasteiger partial charge < -0.3 is 10.1 Å². The van der Waals surface area contributed by atoms with Crippen molar-refractivity contribution in [1.82, 2.24) is 0 Å². The molecule has 0 aliphatic heterocycles. The third-order valence-electron chi connectivity index (χ3n) is 3.75. The molecule has 0 aromatic heterocycles. The zero-order valence-corrected chi connectivity index (χ0v) is 14.8. The normalized spacial score (nSPS) is 12.4. The molecule has 0 bridgehead atoms. The molecule has 2 aromatic carbocycles. The van der Waals surface area contributed by atoms with Crippen LogP contribution in [0.3, 0.4) is 0 Å². The topological polar surface area (TPSA) is 55.4 Å². The third-order valence-corrected chi connectivity index (χ3v) is 3.75. The summed E-state index contributed by atoms with van der Waals surface area (Å²) in [6.07, 6.45) is -0.972. The second-order valence-electron chi connectivity index (χ2n) is 6.87. The average molecular weight is 343 g/mol. The lowest BCUT2D eigenvalue weighted by molar-refractivity contribution is -0.123. The predicted molar refractivity (Wildman–Crippen MR) is 95.0 cm³/mol. The molecule has 132 valence electrons. The van der Waals surface area contributed by atoms with Crippen molar-refractivity contribution in [2.45, 2.75) is 39.2 Å². The molecule has 0 aliphatic rings. The maximum Gasteiger partial charge on any atom is 0.338 e. The lowest BCUT2D eigenvalue weighted by Crippen LogP contribution is -2.30. The number of anilines is 1. The van der Waals surface area contributed by atoms with Gasteiger partial charge in [-0.25, -0.2) is 9.18 Å². The molecule has 25 heavy (non-hydrogen) atoms. The van der Waals surface area contributed by atoms with Gasteiger partial charge in [-0.2, -0.15) is 0 Å². The van der Waals surface area contributed by atoms with Crippen LogP contribution < -0.4 is 5.32 Å². The van der Waals surface area contributed by atoms with E-state index < -0.39 is 23.8 Å². The fourth-order valence-corrected chi connectivity index (χ4v) is 2.17. The molecule has 0 radical (unpaired) electrons. The van der Waals surface area contributed by atoms with E-state index in [9.17, 15) is 14.0 Å². The lowest BCUT2D eigenvalue weighted by atomic mass is 9.87. The molecule has 1 N–H and O–H groups in total. The average Bonchev–Trinajstić information content (AvgIpc) is 2.56. The first-order valence-corrected chi connectivity index (χ1v) is 8.05. The molecule has 0 spiro atoms. The van der Waals surface area contributed by atoms with Crippen LogP contribution in [0.1, 0.15) is 43.6 Å². The number of carbonyl (C=O) groups is 2. The number of carbonyl (C=O) groups excluding carboxylic acids is 2. The van der Waals surface area contributed by atoms with Crippen LogP contribution in [-0.4, -0.2) is 18.0 Å². The Balaban J connectivity index is 1.97. The Labute approximate surface area is 147 Å². The maximum absolute atomic E-state index is 12.9. The number of hydrogen-bond donors (Lipinski definition) is 1. The van der Waals surface area contributed by atoms with Gasteiger partial charge in [0.05, 0.1) is 5.56 Å². The van der Waals surface area contributed by atoms with Crippen LogP contribution in [0.15, 0.2) is 48.5 Å². The summed E-state index contributed by atoms with van der Waals surface area (Å²) in [4.78, 5) is 24.2. The van der Waals surface area contributed by atoms with Crippen molar-refractivity contribution in [3.63, 3.8) is 0 Å². The zero-order chi connectivity index (χ0) is 18.6. The Kier molecular flexibility index (Phi) is 5.57. The van der Waals surface area contributed by atoms with Gasteiger partial charge in [-0.15, -0.1) is 0 Å². The Bertz CT molecular complexity index is 746. The van der Waals surface area contributed by atoms with Gasteiger partial charge in [0.2, 0.25) is 0 Å². The van der Waals surface area contributed by atoms with E-state index in [2.05, 4.69) is 26.1 Å². The van der Waals surface area contributed by atoms with E-state index in [1.807, 2.05) is 12.1 Å². The number of ether oxygens (including phenoxy) is 1. The molecule has 0 saturated heterocycles. The Morgan fingerprint density at radius 1 is 1.00 bits per heavy atom. The maximum atomic E-state index is 12.9. The zero-order valence-electron chi connectivity index (χ0n) is 14.8. The summed E-state index contributed by atoms with van der Waals surface area (Å²) in [5.41, 5.74) is 1.91. The number of amides is 1. The molecule has 1 atom stereocenters. The van der Waals surface area contributed by atoms with Crippen molar-refractivity contribution < 1.29 is 18.7 Å². The highest BCUT2D eigenvalue weighted by molar-refractivity contribution is 5.97. The van der Waals surface area contributed by atoms with Gasteiger partial charge in [-0.3, -0.25) is 4.79 Å². The summed E-state index contributed by atoms with van der Waals surface area (Å²) in [5, 5.41) is 2.57. The molecule has 1 amide bonds. The molecule has 2 aromatic rings. The van der Waals surface area contributed by atoms with E-state index in [0.717, 1.165) is 5.56 Å². The van der Waals surface area contributed by atoms with E-state index in [1.54, 1.807) is 12.1 Å². The second-order valence-corrected chi connectivity index (χ2v) is 6.87. The Morgan fingerprint density at radius 2 is 1.56 bits per heavy atom. The highest BCUT2D eigenvalue weighted by Gasteiger charge is 2.20. The van der Waals surface area contributed by atoms with Crippen LogP contribution in [0.5, 0.6) is 0 Å². The van der Waals surface area contributed by atoms with Crippen molar-refractivity contribution in [3.8, 4) is 0 Å². The van der Waals surface area contributed by atoms with Gasteiger partial charge in [0.1, 0.15) is 5.82 Å². The molecular weight excluding hydrogens is 321 g/mol. The number of hydrogen-bond acceptors (Lipinski definition) is 3. The van der Waals surface area contributed by atoms with Gasteiger partial charge in [-0.05, 0) is 54.3 Å². The monoisotopic (exact) mass is 343 g/mol. The number of benzene rings is 2. The van der Waals surface area contributed by atoms with Crippen LogP contribution >= 0.6 is 0 Å². The molecule has 4 nitrogen and oxygen atoms in total. The lowest BCUT2D eigenvalue weighted by Gasteiger charge is -2.19. The second kappa shape index (κ2) is 7.47. The number of esters is 1. The smallest absolute Gasteiger partial charge is 0.338 e. The van der Waals surface area contributed by atoms with Crippen molar-refractivity contribution in [3.05, 3.63) is 65.5 Å². The molecule has 0 fully saturated rings. The van der Waals surface area contributed by atoms with Crippen LogP contribution in [0.25, 0.3) is 0 Å². The fraction of sp³-hybridized carbons (Fsp3) is 0.300. The first-order valence-electron chi connectivity index (χ1n) is 8.05. The molecule has 5 heteroatoms. The third kappa shape index (κ3) is 5.14. The summed E-state index contributed by atoms with van der Waals surface area (Å²) < 4.78 is 18.1. The van der Waals surface area contributed by atoms with Crippen LogP contribution in [-0.2, 0) is 14.9 Å². The van der Waals surface area contributed by atoms with E-state index in [-0.39, 0.29) is 5.41 Å². The first-order chi connectivity index (χ1) is 11.7. The van der Waals surface area contributed by atoms with E-state index in [1.165, 1.54) is 31.2 Å². The highest BCUT2D eigenvalue weighted by atomic mass is 19.1. The summed E-state index contributed by atoms with van der Waals surface area (Å²) in [5.74, 6) is -1.44. The van der Waals surface area contributed by atoms with Crippen LogP contribution in [0, 0.1) is 5.82 Å². The summed E-state index contributed by atoms with van der Waals surface area (Å²) in [6, 6.07) is 12.5. The molecular formula is C20H22FNO3. The quantitative estimate of drug-likeness (QED) is 0.842. The van der Waals surface area contributed by atoms with Gasteiger partial charge in [0.15, 0.2) is 6.10 Å². The van der Waals surface area contributed by atoms with Crippen LogP contribution in [0.4, 0.5) is 10.1 Å². The van der Waals surface area contributed by atoms with Crippen molar-refractivity contribution >= 4 is 17.6 Å². The first kappa shape index (κ1) is 18.6. The SMILES string of the molecule is CC(OC(=O)c1ccc(C(C)(C)C)cc1)C(=O)Nc1ccc(F)cc1. The van der Waals surface area contributed by atoms with Crippen molar-refractivity contribution in [2.75, 3.05) is 5.32 Å². The minimum Gasteiger partial charge on any atom is -0.449 e.